The number of rotatable bonds is 4. The van der Waals surface area contributed by atoms with Crippen LogP contribution in [0.3, 0.4) is 0 Å². The summed E-state index contributed by atoms with van der Waals surface area (Å²) < 4.78 is 27.8. The Bertz CT molecular complexity index is 566. The first kappa shape index (κ1) is 14.8. The van der Waals surface area contributed by atoms with Crippen LogP contribution in [0.1, 0.15) is 32.6 Å². The Hall–Kier alpha value is -0.590. The Morgan fingerprint density at radius 1 is 1.37 bits per heavy atom. The van der Waals surface area contributed by atoms with E-state index in [0.717, 1.165) is 12.8 Å². The summed E-state index contributed by atoms with van der Waals surface area (Å²) in [6, 6.07) is 4.66. The van der Waals surface area contributed by atoms with Gasteiger partial charge in [-0.2, -0.15) is 0 Å². The van der Waals surface area contributed by atoms with Crippen molar-refractivity contribution >= 4 is 31.6 Å². The largest absolute Gasteiger partial charge is 0.398 e. The molecule has 0 saturated heterocycles. The molecule has 1 aliphatic carbocycles. The molecule has 0 radical (unpaired) electrons. The molecule has 0 spiro atoms. The highest BCUT2D eigenvalue weighted by Crippen LogP contribution is 2.37. The summed E-state index contributed by atoms with van der Waals surface area (Å²) in [5.41, 5.74) is 6.29. The SMILES string of the molecule is CC1(CNS(=O)(=O)c2ccc(N)c(Br)c2)CCCC1. The molecule has 0 unspecified atom stereocenters. The Morgan fingerprint density at radius 2 is 2.00 bits per heavy atom. The van der Waals surface area contributed by atoms with Crippen molar-refractivity contribution in [1.82, 2.24) is 4.72 Å². The topological polar surface area (TPSA) is 72.2 Å². The van der Waals surface area contributed by atoms with E-state index in [1.165, 1.54) is 25.0 Å². The molecule has 0 aliphatic heterocycles. The monoisotopic (exact) mass is 346 g/mol. The number of hydrogen-bond donors (Lipinski definition) is 2. The molecule has 4 nitrogen and oxygen atoms in total. The van der Waals surface area contributed by atoms with E-state index in [4.69, 9.17) is 5.73 Å². The zero-order chi connectivity index (χ0) is 14.1. The fourth-order valence-electron chi connectivity index (χ4n) is 2.43. The van der Waals surface area contributed by atoms with E-state index in [2.05, 4.69) is 27.6 Å². The highest BCUT2D eigenvalue weighted by molar-refractivity contribution is 9.10. The molecule has 2 rings (SSSR count). The summed E-state index contributed by atoms with van der Waals surface area (Å²) in [7, 11) is -3.46. The third-order valence-corrected chi connectivity index (χ3v) is 5.87. The van der Waals surface area contributed by atoms with Crippen LogP contribution < -0.4 is 10.5 Å². The normalized spacial score (nSPS) is 18.6. The lowest BCUT2D eigenvalue weighted by Crippen LogP contribution is -2.34. The lowest BCUT2D eigenvalue weighted by molar-refractivity contribution is 0.336. The second-order valence-corrected chi connectivity index (χ2v) is 8.15. The van der Waals surface area contributed by atoms with Gasteiger partial charge in [-0.1, -0.05) is 19.8 Å². The van der Waals surface area contributed by atoms with Crippen LogP contribution in [0.15, 0.2) is 27.6 Å². The number of nitrogens with two attached hydrogens (primary N) is 1. The summed E-state index contributed by atoms with van der Waals surface area (Å²) in [6.45, 7) is 2.64. The minimum Gasteiger partial charge on any atom is -0.398 e. The van der Waals surface area contributed by atoms with Gasteiger partial charge in [0.1, 0.15) is 0 Å². The smallest absolute Gasteiger partial charge is 0.240 e. The van der Waals surface area contributed by atoms with Gasteiger partial charge in [0, 0.05) is 16.7 Å². The van der Waals surface area contributed by atoms with Crippen LogP contribution in [0.2, 0.25) is 0 Å². The first-order valence-electron chi connectivity index (χ1n) is 6.37. The molecular weight excluding hydrogens is 328 g/mol. The average Bonchev–Trinajstić information content (AvgIpc) is 2.78. The average molecular weight is 347 g/mol. The van der Waals surface area contributed by atoms with Gasteiger partial charge in [-0.3, -0.25) is 0 Å². The fourth-order valence-corrected chi connectivity index (χ4v) is 4.19. The van der Waals surface area contributed by atoms with Gasteiger partial charge >= 0.3 is 0 Å². The highest BCUT2D eigenvalue weighted by atomic mass is 79.9. The van der Waals surface area contributed by atoms with Crippen molar-refractivity contribution in [2.24, 2.45) is 5.41 Å². The maximum Gasteiger partial charge on any atom is 0.240 e. The van der Waals surface area contributed by atoms with Gasteiger partial charge < -0.3 is 5.73 Å². The number of sulfonamides is 1. The van der Waals surface area contributed by atoms with Crippen LogP contribution in [0.4, 0.5) is 5.69 Å². The molecule has 106 valence electrons. The molecule has 6 heteroatoms. The van der Waals surface area contributed by atoms with Gasteiger partial charge in [-0.05, 0) is 52.4 Å². The van der Waals surface area contributed by atoms with Crippen molar-refractivity contribution in [3.05, 3.63) is 22.7 Å². The van der Waals surface area contributed by atoms with Gasteiger partial charge in [0.2, 0.25) is 10.0 Å². The molecule has 3 N–H and O–H groups in total. The molecule has 0 amide bonds. The van der Waals surface area contributed by atoms with E-state index in [-0.39, 0.29) is 10.3 Å². The van der Waals surface area contributed by atoms with E-state index in [9.17, 15) is 8.42 Å². The van der Waals surface area contributed by atoms with E-state index in [1.54, 1.807) is 6.07 Å². The second kappa shape index (κ2) is 5.42. The molecule has 1 aromatic rings. The summed E-state index contributed by atoms with van der Waals surface area (Å²) in [5.74, 6) is 0. The lowest BCUT2D eigenvalue weighted by atomic mass is 9.89. The Kier molecular flexibility index (Phi) is 4.23. The predicted octanol–water partition coefficient (Wildman–Crippen LogP) is 2.89. The molecule has 0 bridgehead atoms. The van der Waals surface area contributed by atoms with Crippen LogP contribution in [0.5, 0.6) is 0 Å². The van der Waals surface area contributed by atoms with E-state index in [0.29, 0.717) is 16.7 Å². The van der Waals surface area contributed by atoms with E-state index in [1.807, 2.05) is 0 Å². The Balaban J connectivity index is 2.11. The third kappa shape index (κ3) is 3.49. The third-order valence-electron chi connectivity index (χ3n) is 3.78. The summed E-state index contributed by atoms with van der Waals surface area (Å²) >= 11 is 3.25. The second-order valence-electron chi connectivity index (χ2n) is 5.53. The Morgan fingerprint density at radius 3 is 2.58 bits per heavy atom. The van der Waals surface area contributed by atoms with Crippen LogP contribution in [-0.2, 0) is 10.0 Å². The summed E-state index contributed by atoms with van der Waals surface area (Å²) in [6.07, 6.45) is 4.54. The molecule has 0 heterocycles. The van der Waals surface area contributed by atoms with Gasteiger partial charge in [0.15, 0.2) is 0 Å². The quantitative estimate of drug-likeness (QED) is 0.823. The predicted molar refractivity (Wildman–Crippen MR) is 80.3 cm³/mol. The molecule has 1 aliphatic rings. The lowest BCUT2D eigenvalue weighted by Gasteiger charge is -2.23. The van der Waals surface area contributed by atoms with Gasteiger partial charge in [0.05, 0.1) is 4.90 Å². The maximum absolute atomic E-state index is 12.2. The van der Waals surface area contributed by atoms with Crippen LogP contribution >= 0.6 is 15.9 Å². The number of halogens is 1. The molecule has 0 aromatic heterocycles. The van der Waals surface area contributed by atoms with Gasteiger partial charge in [-0.15, -0.1) is 0 Å². The highest BCUT2D eigenvalue weighted by Gasteiger charge is 2.30. The number of hydrogen-bond acceptors (Lipinski definition) is 3. The van der Waals surface area contributed by atoms with E-state index < -0.39 is 10.0 Å². The van der Waals surface area contributed by atoms with Crippen LogP contribution in [0.25, 0.3) is 0 Å². The molecule has 19 heavy (non-hydrogen) atoms. The van der Waals surface area contributed by atoms with Crippen molar-refractivity contribution in [3.63, 3.8) is 0 Å². The Labute approximate surface area is 122 Å². The minimum absolute atomic E-state index is 0.0953. The molecular formula is C13H19BrN2O2S. The standard InChI is InChI=1S/C13H19BrN2O2S/c1-13(6-2-3-7-13)9-16-19(17,18)10-4-5-12(15)11(14)8-10/h4-5,8,16H,2-3,6-7,9,15H2,1H3. The van der Waals surface area contributed by atoms with Crippen molar-refractivity contribution in [2.75, 3.05) is 12.3 Å². The van der Waals surface area contributed by atoms with Crippen molar-refractivity contribution < 1.29 is 8.42 Å². The maximum atomic E-state index is 12.2. The van der Waals surface area contributed by atoms with E-state index >= 15 is 0 Å². The first-order chi connectivity index (χ1) is 8.82. The number of nitrogens with one attached hydrogen (secondary N) is 1. The molecule has 0 atom stereocenters. The molecule has 1 fully saturated rings. The van der Waals surface area contributed by atoms with Crippen LogP contribution in [-0.4, -0.2) is 15.0 Å². The van der Waals surface area contributed by atoms with Crippen LogP contribution in [0, 0.1) is 5.41 Å². The zero-order valence-electron chi connectivity index (χ0n) is 10.9. The number of nitrogen functional groups attached to an aromatic ring is 1. The van der Waals surface area contributed by atoms with Gasteiger partial charge in [-0.25, -0.2) is 13.1 Å². The summed E-state index contributed by atoms with van der Waals surface area (Å²) in [5, 5.41) is 0. The minimum atomic E-state index is -3.46. The fraction of sp³-hybridized carbons (Fsp3) is 0.538. The van der Waals surface area contributed by atoms with Crippen molar-refractivity contribution in [1.29, 1.82) is 0 Å². The number of benzene rings is 1. The van der Waals surface area contributed by atoms with Crippen molar-refractivity contribution in [2.45, 2.75) is 37.5 Å². The first-order valence-corrected chi connectivity index (χ1v) is 8.65. The zero-order valence-corrected chi connectivity index (χ0v) is 13.4. The van der Waals surface area contributed by atoms with Crippen molar-refractivity contribution in [3.8, 4) is 0 Å². The number of anilines is 1. The molecule has 1 aromatic carbocycles. The van der Waals surface area contributed by atoms with Gasteiger partial charge in [0.25, 0.3) is 0 Å². The molecule has 1 saturated carbocycles. The summed E-state index contributed by atoms with van der Waals surface area (Å²) in [4.78, 5) is 0.246.